The number of anilines is 1. The standard InChI is InChI=1S/C17H26N2O5S/c1-23-14-8-9-15(16(12-14)24-2)18-17(20)10-11-19(25(3,21)22)13-6-4-5-7-13/h8-9,12-13H,4-7,10-11H2,1-3H3,(H,18,20). The van der Waals surface area contributed by atoms with Crippen LogP contribution in [0.2, 0.25) is 0 Å². The Kier molecular flexibility index (Phi) is 6.66. The predicted molar refractivity (Wildman–Crippen MR) is 96.6 cm³/mol. The molecule has 1 aromatic carbocycles. The molecule has 1 fully saturated rings. The zero-order chi connectivity index (χ0) is 18.4. The topological polar surface area (TPSA) is 84.9 Å². The van der Waals surface area contributed by atoms with Crippen LogP contribution < -0.4 is 14.8 Å². The van der Waals surface area contributed by atoms with Crippen molar-refractivity contribution in [2.45, 2.75) is 38.1 Å². The first kappa shape index (κ1) is 19.5. The number of carbonyl (C=O) groups excluding carboxylic acids is 1. The predicted octanol–water partition coefficient (Wildman–Crippen LogP) is 2.24. The second-order valence-corrected chi connectivity index (χ2v) is 8.11. The summed E-state index contributed by atoms with van der Waals surface area (Å²) < 4.78 is 35.9. The molecule has 1 amide bonds. The van der Waals surface area contributed by atoms with Crippen LogP contribution in [0.25, 0.3) is 0 Å². The van der Waals surface area contributed by atoms with Gasteiger partial charge < -0.3 is 14.8 Å². The van der Waals surface area contributed by atoms with Gasteiger partial charge in [0, 0.05) is 25.1 Å². The van der Waals surface area contributed by atoms with Crippen LogP contribution in [-0.4, -0.2) is 51.7 Å². The van der Waals surface area contributed by atoms with Gasteiger partial charge in [0.2, 0.25) is 15.9 Å². The van der Waals surface area contributed by atoms with Gasteiger partial charge in [-0.15, -0.1) is 0 Å². The van der Waals surface area contributed by atoms with Gasteiger partial charge in [-0.05, 0) is 25.0 Å². The highest BCUT2D eigenvalue weighted by Gasteiger charge is 2.29. The second kappa shape index (κ2) is 8.53. The van der Waals surface area contributed by atoms with Gasteiger partial charge in [-0.25, -0.2) is 8.42 Å². The van der Waals surface area contributed by atoms with E-state index in [0.29, 0.717) is 17.2 Å². The Hall–Kier alpha value is -1.80. The molecule has 1 aromatic rings. The lowest BCUT2D eigenvalue weighted by Crippen LogP contribution is -2.39. The average Bonchev–Trinajstić information content (AvgIpc) is 3.08. The fourth-order valence-electron chi connectivity index (χ4n) is 3.14. The molecule has 8 heteroatoms. The van der Waals surface area contributed by atoms with Gasteiger partial charge in [0.15, 0.2) is 0 Å². The highest BCUT2D eigenvalue weighted by atomic mass is 32.2. The summed E-state index contributed by atoms with van der Waals surface area (Å²) in [5.74, 6) is 0.859. The first-order valence-electron chi connectivity index (χ1n) is 8.34. The molecule has 0 heterocycles. The molecule has 0 aliphatic heterocycles. The number of rotatable bonds is 8. The second-order valence-electron chi connectivity index (χ2n) is 6.18. The minimum Gasteiger partial charge on any atom is -0.497 e. The molecule has 140 valence electrons. The van der Waals surface area contributed by atoms with Gasteiger partial charge in [0.05, 0.1) is 26.2 Å². The minimum absolute atomic E-state index is 0.0123. The van der Waals surface area contributed by atoms with Gasteiger partial charge in [-0.2, -0.15) is 4.31 Å². The van der Waals surface area contributed by atoms with E-state index in [-0.39, 0.29) is 24.9 Å². The van der Waals surface area contributed by atoms with E-state index in [4.69, 9.17) is 9.47 Å². The Bertz CT molecular complexity index is 699. The van der Waals surface area contributed by atoms with E-state index in [9.17, 15) is 13.2 Å². The van der Waals surface area contributed by atoms with E-state index < -0.39 is 10.0 Å². The van der Waals surface area contributed by atoms with Crippen molar-refractivity contribution in [2.75, 3.05) is 32.3 Å². The zero-order valence-electron chi connectivity index (χ0n) is 14.9. The van der Waals surface area contributed by atoms with Crippen molar-refractivity contribution in [3.8, 4) is 11.5 Å². The van der Waals surface area contributed by atoms with Crippen LogP contribution in [0.4, 0.5) is 5.69 Å². The van der Waals surface area contributed by atoms with Crippen molar-refractivity contribution in [3.05, 3.63) is 18.2 Å². The number of nitrogens with zero attached hydrogens (tertiary/aromatic N) is 1. The van der Waals surface area contributed by atoms with Crippen molar-refractivity contribution >= 4 is 21.6 Å². The quantitative estimate of drug-likeness (QED) is 0.758. The Morgan fingerprint density at radius 1 is 1.24 bits per heavy atom. The molecular formula is C17H26N2O5S. The molecule has 0 unspecified atom stereocenters. The minimum atomic E-state index is -3.33. The molecule has 25 heavy (non-hydrogen) atoms. The van der Waals surface area contributed by atoms with Gasteiger partial charge >= 0.3 is 0 Å². The third-order valence-corrected chi connectivity index (χ3v) is 5.73. The Balaban J connectivity index is 1.99. The molecule has 1 aliphatic carbocycles. The van der Waals surface area contributed by atoms with Crippen LogP contribution in [0.15, 0.2) is 18.2 Å². The molecule has 0 spiro atoms. The van der Waals surface area contributed by atoms with Crippen molar-refractivity contribution in [1.29, 1.82) is 0 Å². The molecule has 0 atom stereocenters. The Labute approximate surface area is 149 Å². The molecule has 1 N–H and O–H groups in total. The zero-order valence-corrected chi connectivity index (χ0v) is 15.8. The summed E-state index contributed by atoms with van der Waals surface area (Å²) in [6, 6.07) is 5.11. The average molecular weight is 370 g/mol. The van der Waals surface area contributed by atoms with Crippen LogP contribution in [0.3, 0.4) is 0 Å². The molecule has 0 saturated heterocycles. The molecule has 1 aliphatic rings. The summed E-state index contributed by atoms with van der Waals surface area (Å²) in [6.45, 7) is 0.188. The molecular weight excluding hydrogens is 344 g/mol. The fourth-order valence-corrected chi connectivity index (χ4v) is 4.31. The highest BCUT2D eigenvalue weighted by Crippen LogP contribution is 2.29. The van der Waals surface area contributed by atoms with Crippen LogP contribution >= 0.6 is 0 Å². The summed E-state index contributed by atoms with van der Waals surface area (Å²) in [7, 11) is -0.265. The van der Waals surface area contributed by atoms with Gasteiger partial charge in [0.25, 0.3) is 0 Å². The van der Waals surface area contributed by atoms with Crippen molar-refractivity contribution in [1.82, 2.24) is 4.31 Å². The van der Waals surface area contributed by atoms with E-state index in [1.54, 1.807) is 25.3 Å². The van der Waals surface area contributed by atoms with E-state index in [1.165, 1.54) is 17.7 Å². The number of ether oxygens (including phenoxy) is 2. The van der Waals surface area contributed by atoms with E-state index in [1.807, 2.05) is 0 Å². The van der Waals surface area contributed by atoms with Crippen LogP contribution in [-0.2, 0) is 14.8 Å². The summed E-state index contributed by atoms with van der Waals surface area (Å²) in [6.07, 6.45) is 5.09. The smallest absolute Gasteiger partial charge is 0.225 e. The number of sulfonamides is 1. The maximum atomic E-state index is 12.3. The van der Waals surface area contributed by atoms with Crippen molar-refractivity contribution in [2.24, 2.45) is 0 Å². The summed E-state index contributed by atoms with van der Waals surface area (Å²) >= 11 is 0. The number of amides is 1. The summed E-state index contributed by atoms with van der Waals surface area (Å²) in [4.78, 5) is 12.3. The Morgan fingerprint density at radius 3 is 2.48 bits per heavy atom. The number of carbonyl (C=O) groups is 1. The Morgan fingerprint density at radius 2 is 1.92 bits per heavy atom. The number of hydrogen-bond donors (Lipinski definition) is 1. The van der Waals surface area contributed by atoms with Gasteiger partial charge in [0.1, 0.15) is 11.5 Å². The normalized spacial score (nSPS) is 15.4. The summed E-state index contributed by atoms with van der Waals surface area (Å²) in [5.41, 5.74) is 0.528. The van der Waals surface area contributed by atoms with Crippen LogP contribution in [0, 0.1) is 0 Å². The maximum Gasteiger partial charge on any atom is 0.225 e. The molecule has 2 rings (SSSR count). The SMILES string of the molecule is COc1ccc(NC(=O)CCN(C2CCCC2)S(C)(=O)=O)c(OC)c1. The largest absolute Gasteiger partial charge is 0.497 e. The first-order chi connectivity index (χ1) is 11.8. The molecule has 0 bridgehead atoms. The third-order valence-electron chi connectivity index (χ3n) is 4.40. The molecule has 7 nitrogen and oxygen atoms in total. The number of benzene rings is 1. The van der Waals surface area contributed by atoms with Crippen molar-refractivity contribution in [3.63, 3.8) is 0 Å². The fraction of sp³-hybridized carbons (Fsp3) is 0.588. The molecule has 0 radical (unpaired) electrons. The molecule has 1 saturated carbocycles. The van der Waals surface area contributed by atoms with E-state index in [2.05, 4.69) is 5.32 Å². The lowest BCUT2D eigenvalue weighted by atomic mass is 10.2. The van der Waals surface area contributed by atoms with Crippen LogP contribution in [0.5, 0.6) is 11.5 Å². The third kappa shape index (κ3) is 5.34. The number of nitrogens with one attached hydrogen (secondary N) is 1. The van der Waals surface area contributed by atoms with Crippen LogP contribution in [0.1, 0.15) is 32.1 Å². The highest BCUT2D eigenvalue weighted by molar-refractivity contribution is 7.88. The lowest BCUT2D eigenvalue weighted by molar-refractivity contribution is -0.116. The van der Waals surface area contributed by atoms with Gasteiger partial charge in [-0.3, -0.25) is 4.79 Å². The summed E-state index contributed by atoms with van der Waals surface area (Å²) in [5, 5.41) is 2.77. The molecule has 0 aromatic heterocycles. The first-order valence-corrected chi connectivity index (χ1v) is 10.2. The van der Waals surface area contributed by atoms with Gasteiger partial charge in [-0.1, -0.05) is 12.8 Å². The van der Waals surface area contributed by atoms with E-state index in [0.717, 1.165) is 25.7 Å². The van der Waals surface area contributed by atoms with E-state index >= 15 is 0 Å². The van der Waals surface area contributed by atoms with Crippen molar-refractivity contribution < 1.29 is 22.7 Å². The monoisotopic (exact) mass is 370 g/mol. The maximum absolute atomic E-state index is 12.3. The lowest BCUT2D eigenvalue weighted by Gasteiger charge is -2.26. The number of hydrogen-bond acceptors (Lipinski definition) is 5. The number of methoxy groups -OCH3 is 2.